The molecule has 1 aliphatic rings. The van der Waals surface area contributed by atoms with E-state index in [0.717, 1.165) is 11.3 Å². The second kappa shape index (κ2) is 6.11. The minimum Gasteiger partial charge on any atom is -0.454 e. The maximum atomic E-state index is 13.8. The van der Waals surface area contributed by atoms with E-state index in [4.69, 9.17) is 19.9 Å². The van der Waals surface area contributed by atoms with Gasteiger partial charge in [-0.05, 0) is 23.8 Å². The zero-order chi connectivity index (χ0) is 14.7. The van der Waals surface area contributed by atoms with Crippen LogP contribution in [0.5, 0.6) is 11.5 Å². The first kappa shape index (κ1) is 13.9. The Labute approximate surface area is 122 Å². The predicted molar refractivity (Wildman–Crippen MR) is 75.5 cm³/mol. The molecule has 1 unspecified atom stereocenters. The van der Waals surface area contributed by atoms with Crippen molar-refractivity contribution < 1.29 is 18.6 Å². The van der Waals surface area contributed by atoms with Crippen LogP contribution >= 0.6 is 0 Å². The molecule has 0 aromatic heterocycles. The molecular weight excluding hydrogens is 273 g/mol. The molecule has 21 heavy (non-hydrogen) atoms. The number of rotatable bonds is 5. The lowest BCUT2D eigenvalue weighted by atomic mass is 10.1. The van der Waals surface area contributed by atoms with Crippen molar-refractivity contribution in [3.63, 3.8) is 0 Å². The summed E-state index contributed by atoms with van der Waals surface area (Å²) >= 11 is 0. The topological polar surface area (TPSA) is 53.7 Å². The van der Waals surface area contributed by atoms with Crippen molar-refractivity contribution in [1.82, 2.24) is 0 Å². The van der Waals surface area contributed by atoms with E-state index in [-0.39, 0.29) is 19.2 Å². The number of fused-ring (bicyclic) bond motifs is 1. The number of hydrogen-bond donors (Lipinski definition) is 1. The Morgan fingerprint density at radius 3 is 2.76 bits per heavy atom. The summed E-state index contributed by atoms with van der Waals surface area (Å²) in [5.41, 5.74) is 7.09. The van der Waals surface area contributed by atoms with Crippen LogP contribution in [-0.4, -0.2) is 13.3 Å². The largest absolute Gasteiger partial charge is 0.454 e. The normalized spacial score (nSPS) is 14.2. The fourth-order valence-electron chi connectivity index (χ4n) is 2.25. The van der Waals surface area contributed by atoms with Gasteiger partial charge in [0, 0.05) is 12.1 Å². The van der Waals surface area contributed by atoms with E-state index in [1.165, 1.54) is 6.07 Å². The van der Waals surface area contributed by atoms with Gasteiger partial charge in [0.15, 0.2) is 11.5 Å². The first-order chi connectivity index (χ1) is 10.3. The Balaban J connectivity index is 1.70. The van der Waals surface area contributed by atoms with Crippen molar-refractivity contribution in [2.45, 2.75) is 12.7 Å². The molecule has 1 atom stereocenters. The Morgan fingerprint density at radius 2 is 1.95 bits per heavy atom. The van der Waals surface area contributed by atoms with Gasteiger partial charge >= 0.3 is 0 Å². The van der Waals surface area contributed by atoms with Crippen LogP contribution < -0.4 is 15.2 Å². The number of halogens is 1. The molecule has 0 fully saturated rings. The quantitative estimate of drug-likeness (QED) is 0.919. The van der Waals surface area contributed by atoms with Crippen molar-refractivity contribution in [3.8, 4) is 11.5 Å². The molecule has 0 aliphatic carbocycles. The van der Waals surface area contributed by atoms with E-state index in [1.807, 2.05) is 18.2 Å². The van der Waals surface area contributed by atoms with Crippen LogP contribution in [0.1, 0.15) is 17.2 Å². The minimum absolute atomic E-state index is 0.214. The molecular formula is C16H16FNO3. The monoisotopic (exact) mass is 289 g/mol. The van der Waals surface area contributed by atoms with Gasteiger partial charge in [-0.1, -0.05) is 24.3 Å². The Bertz CT molecular complexity index is 633. The Morgan fingerprint density at radius 1 is 1.14 bits per heavy atom. The zero-order valence-corrected chi connectivity index (χ0v) is 11.4. The van der Waals surface area contributed by atoms with Gasteiger partial charge in [0.05, 0.1) is 12.7 Å². The second-order valence-electron chi connectivity index (χ2n) is 4.74. The summed E-state index contributed by atoms with van der Waals surface area (Å²) in [4.78, 5) is 0. The molecule has 0 saturated carbocycles. The molecule has 1 heterocycles. The van der Waals surface area contributed by atoms with Gasteiger partial charge in [-0.15, -0.1) is 0 Å². The summed E-state index contributed by atoms with van der Waals surface area (Å²) < 4.78 is 30.1. The fraction of sp³-hybridized carbons (Fsp3) is 0.250. The van der Waals surface area contributed by atoms with Gasteiger partial charge in [0.25, 0.3) is 0 Å². The van der Waals surface area contributed by atoms with Gasteiger partial charge in [0.2, 0.25) is 6.79 Å². The van der Waals surface area contributed by atoms with Gasteiger partial charge in [0.1, 0.15) is 5.82 Å². The molecule has 110 valence electrons. The highest BCUT2D eigenvalue weighted by atomic mass is 19.1. The smallest absolute Gasteiger partial charge is 0.231 e. The number of benzene rings is 2. The van der Waals surface area contributed by atoms with Crippen molar-refractivity contribution in [2.24, 2.45) is 5.73 Å². The number of nitrogens with two attached hydrogens (primary N) is 1. The van der Waals surface area contributed by atoms with Crippen LogP contribution in [-0.2, 0) is 11.3 Å². The second-order valence-corrected chi connectivity index (χ2v) is 4.74. The maximum Gasteiger partial charge on any atom is 0.231 e. The van der Waals surface area contributed by atoms with Gasteiger partial charge < -0.3 is 19.9 Å². The van der Waals surface area contributed by atoms with Crippen LogP contribution in [0, 0.1) is 5.82 Å². The number of ether oxygens (including phenoxy) is 3. The maximum absolute atomic E-state index is 13.8. The molecule has 2 N–H and O–H groups in total. The van der Waals surface area contributed by atoms with Crippen molar-refractivity contribution >= 4 is 0 Å². The van der Waals surface area contributed by atoms with E-state index >= 15 is 0 Å². The highest BCUT2D eigenvalue weighted by Crippen LogP contribution is 2.33. The minimum atomic E-state index is -0.475. The Kier molecular flexibility index (Phi) is 4.03. The molecule has 2 aromatic carbocycles. The third-order valence-electron chi connectivity index (χ3n) is 3.35. The summed E-state index contributed by atoms with van der Waals surface area (Å²) in [7, 11) is 0. The number of hydrogen-bond acceptors (Lipinski definition) is 4. The average Bonchev–Trinajstić information content (AvgIpc) is 2.97. The molecule has 1 aliphatic heterocycles. The van der Waals surface area contributed by atoms with Crippen molar-refractivity contribution in [3.05, 3.63) is 59.4 Å². The van der Waals surface area contributed by atoms with Crippen LogP contribution in [0.25, 0.3) is 0 Å². The highest BCUT2D eigenvalue weighted by molar-refractivity contribution is 5.44. The van der Waals surface area contributed by atoms with E-state index in [1.54, 1.807) is 18.2 Å². The van der Waals surface area contributed by atoms with Crippen molar-refractivity contribution in [1.29, 1.82) is 0 Å². The molecule has 2 aromatic rings. The van der Waals surface area contributed by atoms with E-state index in [2.05, 4.69) is 0 Å². The lowest BCUT2D eigenvalue weighted by Crippen LogP contribution is -2.17. The average molecular weight is 289 g/mol. The zero-order valence-electron chi connectivity index (χ0n) is 11.4. The van der Waals surface area contributed by atoms with Gasteiger partial charge in [-0.2, -0.15) is 0 Å². The molecule has 0 radical (unpaired) electrons. The van der Waals surface area contributed by atoms with E-state index in [0.29, 0.717) is 17.9 Å². The fourth-order valence-corrected chi connectivity index (χ4v) is 2.25. The SMILES string of the molecule is NCC(OCc1ccc2c(c1)OCO2)c1ccccc1F. The molecule has 0 spiro atoms. The molecule has 0 saturated heterocycles. The first-order valence-electron chi connectivity index (χ1n) is 6.72. The van der Waals surface area contributed by atoms with E-state index in [9.17, 15) is 4.39 Å². The van der Waals surface area contributed by atoms with Crippen LogP contribution in [0.3, 0.4) is 0 Å². The van der Waals surface area contributed by atoms with Crippen LogP contribution in [0.4, 0.5) is 4.39 Å². The third-order valence-corrected chi connectivity index (χ3v) is 3.35. The standard InChI is InChI=1S/C16H16FNO3/c17-13-4-2-1-3-12(13)16(8-18)19-9-11-5-6-14-15(7-11)21-10-20-14/h1-7,16H,8-10,18H2. The molecule has 5 heteroatoms. The Hall–Kier alpha value is -2.11. The lowest BCUT2D eigenvalue weighted by Gasteiger charge is -2.17. The lowest BCUT2D eigenvalue weighted by molar-refractivity contribution is 0.0432. The highest BCUT2D eigenvalue weighted by Gasteiger charge is 2.16. The molecule has 0 amide bonds. The first-order valence-corrected chi connectivity index (χ1v) is 6.72. The third kappa shape index (κ3) is 2.99. The predicted octanol–water partition coefficient (Wildman–Crippen LogP) is 2.77. The molecule has 0 bridgehead atoms. The van der Waals surface area contributed by atoms with E-state index < -0.39 is 6.10 Å². The summed E-state index contributed by atoms with van der Waals surface area (Å²) in [6.07, 6.45) is -0.475. The summed E-state index contributed by atoms with van der Waals surface area (Å²) in [5.74, 6) is 1.12. The van der Waals surface area contributed by atoms with Crippen LogP contribution in [0.2, 0.25) is 0 Å². The summed E-state index contributed by atoms with van der Waals surface area (Å²) in [6.45, 7) is 0.776. The summed E-state index contributed by atoms with van der Waals surface area (Å²) in [6, 6.07) is 12.1. The van der Waals surface area contributed by atoms with Gasteiger partial charge in [-0.25, -0.2) is 4.39 Å². The molecule has 4 nitrogen and oxygen atoms in total. The van der Waals surface area contributed by atoms with Gasteiger partial charge in [-0.3, -0.25) is 0 Å². The van der Waals surface area contributed by atoms with Crippen molar-refractivity contribution in [2.75, 3.05) is 13.3 Å². The van der Waals surface area contributed by atoms with Crippen LogP contribution in [0.15, 0.2) is 42.5 Å². The molecule has 3 rings (SSSR count). The summed E-state index contributed by atoms with van der Waals surface area (Å²) in [5, 5.41) is 0.